The topological polar surface area (TPSA) is 115 Å². The van der Waals surface area contributed by atoms with E-state index in [2.05, 4.69) is 15.0 Å². The molecule has 63 heavy (non-hydrogen) atoms. The lowest BCUT2D eigenvalue weighted by atomic mass is 9.79. The molecule has 6 aromatic carbocycles. The monoisotopic (exact) mass is 868 g/mol. The third-order valence-corrected chi connectivity index (χ3v) is 12.2. The molecule has 2 aromatic heterocycles. The van der Waals surface area contributed by atoms with E-state index in [1.165, 1.54) is 23.4 Å². The van der Waals surface area contributed by atoms with E-state index >= 15 is 0 Å². The molecule has 10 nitrogen and oxygen atoms in total. The minimum atomic E-state index is -6.30. The number of rotatable bonds is 14. The third kappa shape index (κ3) is 7.81. The van der Waals surface area contributed by atoms with Gasteiger partial charge in [0, 0.05) is 0 Å². The van der Waals surface area contributed by atoms with Gasteiger partial charge in [-0.2, -0.15) is 21.6 Å². The quantitative estimate of drug-likeness (QED) is 0.0599. The Morgan fingerprint density at radius 2 is 0.984 bits per heavy atom. The lowest BCUT2D eigenvalue weighted by Crippen LogP contribution is -2.48. The highest BCUT2D eigenvalue weighted by molar-refractivity contribution is 7.87. The van der Waals surface area contributed by atoms with Gasteiger partial charge in [0.2, 0.25) is 0 Å². The van der Waals surface area contributed by atoms with E-state index in [1.807, 2.05) is 182 Å². The number of aromatic nitrogens is 4. The Kier molecular flexibility index (Phi) is 11.5. The van der Waals surface area contributed by atoms with E-state index in [0.29, 0.717) is 16.7 Å². The summed E-state index contributed by atoms with van der Waals surface area (Å²) in [7, 11) is -6.30. The molecule has 0 amide bonds. The maximum Gasteiger partial charge on any atom is 0.523 e. The van der Waals surface area contributed by atoms with Crippen LogP contribution < -0.4 is 0 Å². The van der Waals surface area contributed by atoms with Crippen molar-refractivity contribution in [2.45, 2.75) is 41.3 Å². The lowest BCUT2D eigenvalue weighted by molar-refractivity contribution is -0.131. The van der Waals surface area contributed by atoms with Crippen molar-refractivity contribution >= 4 is 21.3 Å². The van der Waals surface area contributed by atoms with Crippen molar-refractivity contribution in [2.24, 2.45) is 0 Å². The maximum atomic E-state index is 14.6. The van der Waals surface area contributed by atoms with Crippen LogP contribution in [0.4, 0.5) is 13.2 Å². The van der Waals surface area contributed by atoms with Gasteiger partial charge in [-0.15, -0.1) is 0 Å². The van der Waals surface area contributed by atoms with Gasteiger partial charge in [0.25, 0.3) is 0 Å². The molecule has 4 atom stereocenters. The molecule has 0 spiro atoms. The number of nitrogens with zero attached hydrogens (tertiary/aromatic N) is 4. The van der Waals surface area contributed by atoms with Gasteiger partial charge in [-0.1, -0.05) is 182 Å². The van der Waals surface area contributed by atoms with Gasteiger partial charge in [0.15, 0.2) is 18.0 Å². The summed E-state index contributed by atoms with van der Waals surface area (Å²) in [4.78, 5) is 12.8. The molecule has 0 N–H and O–H groups in total. The smallest absolute Gasteiger partial charge is 0.358 e. The summed E-state index contributed by atoms with van der Waals surface area (Å²) < 4.78 is 98.6. The predicted molar refractivity (Wildman–Crippen MR) is 228 cm³/mol. The Labute approximate surface area is 361 Å². The molecule has 0 radical (unpaired) electrons. The molecule has 0 aliphatic carbocycles. The summed E-state index contributed by atoms with van der Waals surface area (Å²) in [6, 6.07) is 56.0. The molecule has 1 aliphatic heterocycles. The number of hydrogen-bond acceptors (Lipinski definition) is 9. The summed E-state index contributed by atoms with van der Waals surface area (Å²) in [5.41, 5.74) is -4.29. The van der Waals surface area contributed by atoms with Crippen LogP contribution in [0.1, 0.15) is 39.6 Å². The second-order valence-electron chi connectivity index (χ2n) is 14.9. The van der Waals surface area contributed by atoms with E-state index in [9.17, 15) is 21.6 Å². The molecule has 3 heterocycles. The molecule has 1 aliphatic rings. The Morgan fingerprint density at radius 3 is 1.40 bits per heavy atom. The fourth-order valence-electron chi connectivity index (χ4n) is 8.39. The number of ether oxygens (including phenoxy) is 3. The molecule has 0 unspecified atom stereocenters. The number of imidazole rings is 1. The molecule has 1 fully saturated rings. The van der Waals surface area contributed by atoms with Gasteiger partial charge >= 0.3 is 15.6 Å². The Balaban J connectivity index is 1.28. The zero-order valence-electron chi connectivity index (χ0n) is 33.3. The van der Waals surface area contributed by atoms with Crippen LogP contribution >= 0.6 is 0 Å². The molecule has 9 rings (SSSR count). The van der Waals surface area contributed by atoms with Crippen LogP contribution in [0.15, 0.2) is 201 Å². The first-order valence-electron chi connectivity index (χ1n) is 20.0. The second-order valence-corrected chi connectivity index (χ2v) is 16.4. The highest BCUT2D eigenvalue weighted by Gasteiger charge is 2.58. The van der Waals surface area contributed by atoms with Crippen molar-refractivity contribution in [3.63, 3.8) is 0 Å². The number of alkyl halides is 3. The van der Waals surface area contributed by atoms with Gasteiger partial charge in [-0.05, 0) is 33.4 Å². The number of hydrogen-bond donors (Lipinski definition) is 0. The number of fused-ring (bicyclic) bond motifs is 1. The SMILES string of the molecule is O=S(=O)(O[C@@H]1[C@H](OC(c2ccccc2)(c2ccccc2)c2ccccc2)[C@@H](COC(c2ccccc2)(c2ccccc2)c2ccccc2)O[C@H]1n1cnc2cncnc21)C(F)(F)F. The van der Waals surface area contributed by atoms with Crippen LogP contribution in [0.3, 0.4) is 0 Å². The van der Waals surface area contributed by atoms with E-state index in [-0.39, 0.29) is 17.8 Å². The Morgan fingerprint density at radius 1 is 0.571 bits per heavy atom. The van der Waals surface area contributed by atoms with Gasteiger partial charge in [0.1, 0.15) is 35.3 Å². The van der Waals surface area contributed by atoms with Crippen LogP contribution in [-0.4, -0.2) is 58.4 Å². The zero-order valence-corrected chi connectivity index (χ0v) is 34.2. The molecule has 318 valence electrons. The first-order valence-corrected chi connectivity index (χ1v) is 21.5. The largest absolute Gasteiger partial charge is 0.523 e. The van der Waals surface area contributed by atoms with Gasteiger partial charge in [-0.3, -0.25) is 8.75 Å². The van der Waals surface area contributed by atoms with Crippen molar-refractivity contribution in [3.8, 4) is 0 Å². The van der Waals surface area contributed by atoms with Gasteiger partial charge < -0.3 is 14.2 Å². The van der Waals surface area contributed by atoms with Crippen molar-refractivity contribution in [1.29, 1.82) is 0 Å². The van der Waals surface area contributed by atoms with E-state index < -0.39 is 51.4 Å². The summed E-state index contributed by atoms with van der Waals surface area (Å²) in [5, 5.41) is 0. The summed E-state index contributed by atoms with van der Waals surface area (Å²) in [6.45, 7) is -0.359. The predicted octanol–water partition coefficient (Wildman–Crippen LogP) is 9.34. The molecule has 14 heteroatoms. The van der Waals surface area contributed by atoms with Crippen LogP contribution in [0.2, 0.25) is 0 Å². The van der Waals surface area contributed by atoms with Crippen LogP contribution in [0.5, 0.6) is 0 Å². The van der Waals surface area contributed by atoms with Crippen LogP contribution in [-0.2, 0) is 39.7 Å². The van der Waals surface area contributed by atoms with E-state index in [4.69, 9.17) is 18.4 Å². The van der Waals surface area contributed by atoms with Crippen LogP contribution in [0.25, 0.3) is 11.2 Å². The van der Waals surface area contributed by atoms with Crippen molar-refractivity contribution in [1.82, 2.24) is 19.5 Å². The normalized spacial score (nSPS) is 18.4. The summed E-state index contributed by atoms with van der Waals surface area (Å²) in [5.74, 6) is 0. The third-order valence-electron chi connectivity index (χ3n) is 11.2. The van der Waals surface area contributed by atoms with Crippen molar-refractivity contribution < 1.29 is 40.0 Å². The molecule has 0 saturated carbocycles. The first-order chi connectivity index (χ1) is 30.6. The van der Waals surface area contributed by atoms with Crippen molar-refractivity contribution in [2.75, 3.05) is 6.61 Å². The fourth-order valence-corrected chi connectivity index (χ4v) is 8.99. The average Bonchev–Trinajstić information content (AvgIpc) is 3.90. The summed E-state index contributed by atoms with van der Waals surface area (Å²) >= 11 is 0. The number of benzene rings is 6. The fraction of sp³-hybridized carbons (Fsp3) is 0.163. The lowest BCUT2D eigenvalue weighted by Gasteiger charge is -2.41. The molecule has 8 aromatic rings. The van der Waals surface area contributed by atoms with E-state index in [0.717, 1.165) is 16.7 Å². The van der Waals surface area contributed by atoms with Crippen molar-refractivity contribution in [3.05, 3.63) is 234 Å². The highest BCUT2D eigenvalue weighted by Crippen LogP contribution is 2.48. The average molecular weight is 869 g/mol. The Bertz CT molecular complexity index is 2670. The number of halogens is 3. The maximum absolute atomic E-state index is 14.6. The van der Waals surface area contributed by atoms with E-state index in [1.54, 1.807) is 0 Å². The van der Waals surface area contributed by atoms with Gasteiger partial charge in [-0.25, -0.2) is 15.0 Å². The highest BCUT2D eigenvalue weighted by atomic mass is 32.2. The summed E-state index contributed by atoms with van der Waals surface area (Å²) in [6.07, 6.45) is -2.61. The zero-order chi connectivity index (χ0) is 43.5. The van der Waals surface area contributed by atoms with Crippen LogP contribution in [0, 0.1) is 0 Å². The molecule has 1 saturated heterocycles. The minimum Gasteiger partial charge on any atom is -0.358 e. The standard InChI is InChI=1S/C49H39F3N4O6S/c50-49(51,52)63(57,58)62-44-43(61-48(38-25-13-4-14-26-38,39-27-15-5-16-28-39)40-29-17-6-18-30-40)42(60-46(44)56-34-55-41-31-53-33-54-45(41)56)32-59-47(35-19-7-1-8-20-35,36-21-9-2-10-22-36)37-23-11-3-12-24-37/h1-31,33-34,42-44,46H,32H2/t42-,43-,44-,46-/m1/s1. The first kappa shape index (κ1) is 41.8. The molecular weight excluding hydrogens is 830 g/mol. The molecular formula is C49H39F3N4O6S. The Hall–Kier alpha value is -6.55. The van der Waals surface area contributed by atoms with Gasteiger partial charge in [0.05, 0.1) is 19.1 Å². The second kappa shape index (κ2) is 17.3. The minimum absolute atomic E-state index is 0.154. The molecule has 0 bridgehead atoms.